The molecule has 1 aliphatic carbocycles. The largest absolute Gasteiger partial charge is 0.351 e. The highest BCUT2D eigenvalue weighted by molar-refractivity contribution is 6.04. The van der Waals surface area contributed by atoms with Gasteiger partial charge in [0, 0.05) is 23.7 Å². The van der Waals surface area contributed by atoms with E-state index in [-0.39, 0.29) is 12.1 Å². The summed E-state index contributed by atoms with van der Waals surface area (Å²) in [5.74, 6) is 0.600. The molecule has 65 heavy (non-hydrogen) atoms. The van der Waals surface area contributed by atoms with Gasteiger partial charge in [-0.3, -0.25) is 10.7 Å². The molecule has 0 aromatic heterocycles. The number of anilines is 3. The molecule has 0 radical (unpaired) electrons. The number of benzene rings is 9. The minimum absolute atomic E-state index is 0.225. The molecule has 0 bridgehead atoms. The van der Waals surface area contributed by atoms with E-state index in [1.807, 2.05) is 6.07 Å². The maximum absolute atomic E-state index is 9.60. The zero-order chi connectivity index (χ0) is 43.3. The molecule has 0 saturated carbocycles. The number of nitrogens with zero attached hydrogens (tertiary/aromatic N) is 1. The van der Waals surface area contributed by atoms with E-state index in [9.17, 15) is 5.41 Å². The molecule has 3 N–H and O–H groups in total. The molecule has 4 heteroatoms. The van der Waals surface area contributed by atoms with E-state index in [0.717, 1.165) is 51.2 Å². The molecule has 9 aromatic rings. The van der Waals surface area contributed by atoms with Crippen molar-refractivity contribution in [2.75, 3.05) is 11.4 Å². The van der Waals surface area contributed by atoms with Crippen molar-refractivity contribution < 1.29 is 0 Å². The second kappa shape index (κ2) is 15.9. The van der Waals surface area contributed by atoms with Gasteiger partial charge in [0.25, 0.3) is 0 Å². The average Bonchev–Trinajstić information content (AvgIpc) is 3.67. The lowest BCUT2D eigenvalue weighted by molar-refractivity contribution is 0.535. The summed E-state index contributed by atoms with van der Waals surface area (Å²) in [7, 11) is 0. The van der Waals surface area contributed by atoms with Crippen molar-refractivity contribution in [3.8, 4) is 33.4 Å². The Bertz CT molecular complexity index is 3230. The topological polar surface area (TPSA) is 51.2 Å². The predicted octanol–water partition coefficient (Wildman–Crippen LogP) is 13.9. The van der Waals surface area contributed by atoms with Gasteiger partial charge in [-0.15, -0.1) is 0 Å². The second-order valence-electron chi connectivity index (χ2n) is 17.3. The van der Waals surface area contributed by atoms with Gasteiger partial charge in [0.05, 0.1) is 16.8 Å². The highest BCUT2D eigenvalue weighted by Crippen LogP contribution is 2.63. The van der Waals surface area contributed by atoms with Crippen molar-refractivity contribution in [2.45, 2.75) is 17.5 Å². The van der Waals surface area contributed by atoms with E-state index >= 15 is 0 Å². The first-order valence-electron chi connectivity index (χ1n) is 22.6. The van der Waals surface area contributed by atoms with Crippen molar-refractivity contribution in [2.24, 2.45) is 0 Å². The maximum atomic E-state index is 9.60. The lowest BCUT2D eigenvalue weighted by Crippen LogP contribution is -2.49. The summed E-state index contributed by atoms with van der Waals surface area (Å²) >= 11 is 0. The van der Waals surface area contributed by atoms with Gasteiger partial charge >= 0.3 is 0 Å². The fourth-order valence-corrected chi connectivity index (χ4v) is 10.8. The van der Waals surface area contributed by atoms with Crippen LogP contribution in [-0.2, 0) is 5.41 Å². The van der Waals surface area contributed by atoms with Gasteiger partial charge in [0.15, 0.2) is 0 Å². The first kappa shape index (κ1) is 38.6. The van der Waals surface area contributed by atoms with Crippen LogP contribution < -0.4 is 15.5 Å². The van der Waals surface area contributed by atoms with Gasteiger partial charge < -0.3 is 10.2 Å². The molecule has 0 saturated heterocycles. The Balaban J connectivity index is 0.933. The molecule has 0 fully saturated rings. The van der Waals surface area contributed by atoms with Crippen LogP contribution in [0.2, 0.25) is 0 Å². The monoisotopic (exact) mass is 834 g/mol. The molecule has 2 unspecified atom stereocenters. The van der Waals surface area contributed by atoms with Gasteiger partial charge in [-0.25, -0.2) is 0 Å². The molecule has 12 rings (SSSR count). The Morgan fingerprint density at radius 1 is 0.477 bits per heavy atom. The first-order valence-corrected chi connectivity index (χ1v) is 22.6. The van der Waals surface area contributed by atoms with Gasteiger partial charge in [0.2, 0.25) is 0 Å². The van der Waals surface area contributed by atoms with Crippen LogP contribution in [-0.4, -0.2) is 18.5 Å². The normalized spacial score (nSPS) is 16.4. The third-order valence-electron chi connectivity index (χ3n) is 13.7. The maximum Gasteiger partial charge on any atom is 0.127 e. The van der Waals surface area contributed by atoms with E-state index in [1.54, 1.807) is 0 Å². The Labute approximate surface area is 380 Å². The number of hydrogen-bond acceptors (Lipinski definition) is 3. The smallest absolute Gasteiger partial charge is 0.127 e. The molecule has 2 aliphatic heterocycles. The number of fused-ring (bicyclic) bond motifs is 9. The number of hydrogen-bond donors (Lipinski definition) is 3. The predicted molar refractivity (Wildman–Crippen MR) is 268 cm³/mol. The van der Waals surface area contributed by atoms with Crippen molar-refractivity contribution in [1.82, 2.24) is 10.6 Å². The zero-order valence-corrected chi connectivity index (χ0v) is 35.8. The van der Waals surface area contributed by atoms with E-state index in [4.69, 9.17) is 0 Å². The van der Waals surface area contributed by atoms with E-state index in [2.05, 4.69) is 246 Å². The SMILES string of the molecule is N=C(NC1NCC(c2ccccc2)C=C1c1ccccc1)c1ccccc1-c1cccc(-c2ccc3c(c2)C2(c4ccccc4-3)c3ccccc3N(c3ccccc3)c3ccccc32)c1. The zero-order valence-electron chi connectivity index (χ0n) is 35.8. The number of para-hydroxylation sites is 3. The molecular weight excluding hydrogens is 789 g/mol. The van der Waals surface area contributed by atoms with Crippen LogP contribution in [0.4, 0.5) is 17.1 Å². The van der Waals surface area contributed by atoms with Crippen LogP contribution in [0.5, 0.6) is 0 Å². The lowest BCUT2D eigenvalue weighted by Gasteiger charge is -2.45. The molecular formula is C61H46N4. The highest BCUT2D eigenvalue weighted by Gasteiger charge is 2.51. The van der Waals surface area contributed by atoms with Crippen LogP contribution in [0, 0.1) is 5.41 Å². The summed E-state index contributed by atoms with van der Waals surface area (Å²) in [4.78, 5) is 2.43. The Morgan fingerprint density at radius 3 is 1.77 bits per heavy atom. The number of rotatable bonds is 7. The molecule has 2 atom stereocenters. The summed E-state index contributed by atoms with van der Waals surface area (Å²) in [6.45, 7) is 0.768. The molecule has 310 valence electrons. The Kier molecular flexibility index (Phi) is 9.47. The summed E-state index contributed by atoms with van der Waals surface area (Å²) in [5.41, 5.74) is 19.4. The van der Waals surface area contributed by atoms with Gasteiger partial charge in [-0.2, -0.15) is 0 Å². The summed E-state index contributed by atoms with van der Waals surface area (Å²) < 4.78 is 0. The summed E-state index contributed by atoms with van der Waals surface area (Å²) in [6.07, 6.45) is 2.13. The first-order chi connectivity index (χ1) is 32.2. The third-order valence-corrected chi connectivity index (χ3v) is 13.7. The van der Waals surface area contributed by atoms with Gasteiger partial charge in [0.1, 0.15) is 12.0 Å². The molecule has 1 spiro atoms. The number of amidine groups is 1. The molecule has 4 nitrogen and oxygen atoms in total. The Morgan fingerprint density at radius 2 is 1.03 bits per heavy atom. The lowest BCUT2D eigenvalue weighted by atomic mass is 9.64. The van der Waals surface area contributed by atoms with Crippen molar-refractivity contribution in [1.29, 1.82) is 5.41 Å². The fraction of sp³-hybridized carbons (Fsp3) is 0.0656. The van der Waals surface area contributed by atoms with Crippen molar-refractivity contribution >= 4 is 28.5 Å². The standard InChI is InChI=1S/C61H46N4/c62-59(64-60-52(42-21-6-2-7-22-42)38-46(40-63-60)41-19-4-1-5-20-41)51-29-11-10-27-48(51)45-24-18-23-43(37-45)44-35-36-50-49-28-12-13-30-53(49)61(56(50)39-44)54-31-14-16-33-57(54)65(47-25-8-3-9-26-47)58-34-17-15-32-55(58)61/h1-39,46,60,63H,40H2,(H2,62,64). The second-order valence-corrected chi connectivity index (χ2v) is 17.3. The quantitative estimate of drug-likeness (QED) is 0.111. The van der Waals surface area contributed by atoms with Gasteiger partial charge in [-0.1, -0.05) is 200 Å². The van der Waals surface area contributed by atoms with Crippen molar-refractivity contribution in [3.63, 3.8) is 0 Å². The summed E-state index contributed by atoms with van der Waals surface area (Å²) in [6, 6.07) is 83.1. The molecule has 3 aliphatic rings. The third kappa shape index (κ3) is 6.37. The van der Waals surface area contributed by atoms with Crippen LogP contribution in [0.15, 0.2) is 237 Å². The highest BCUT2D eigenvalue weighted by atomic mass is 15.2. The van der Waals surface area contributed by atoms with E-state index in [0.29, 0.717) is 5.84 Å². The molecule has 9 aromatic carbocycles. The average molecular weight is 835 g/mol. The van der Waals surface area contributed by atoms with Gasteiger partial charge in [-0.05, 0) is 109 Å². The minimum Gasteiger partial charge on any atom is -0.351 e. The summed E-state index contributed by atoms with van der Waals surface area (Å²) in [5, 5.41) is 17.0. The molecule has 2 heterocycles. The number of nitrogens with one attached hydrogen (secondary N) is 3. The molecule has 0 amide bonds. The van der Waals surface area contributed by atoms with Crippen LogP contribution in [0.3, 0.4) is 0 Å². The van der Waals surface area contributed by atoms with Crippen molar-refractivity contribution in [3.05, 3.63) is 276 Å². The fourth-order valence-electron chi connectivity index (χ4n) is 10.8. The minimum atomic E-state index is -0.535. The van der Waals surface area contributed by atoms with Crippen LogP contribution >= 0.6 is 0 Å². The van der Waals surface area contributed by atoms with Crippen LogP contribution in [0.1, 0.15) is 44.9 Å². The van der Waals surface area contributed by atoms with Crippen LogP contribution in [0.25, 0.3) is 39.0 Å². The van der Waals surface area contributed by atoms with E-state index < -0.39 is 5.41 Å². The Hall–Kier alpha value is -8.05. The van der Waals surface area contributed by atoms with E-state index in [1.165, 1.54) is 50.3 Å².